The van der Waals surface area contributed by atoms with Crippen LogP contribution in [0, 0.1) is 0 Å². The number of amides is 3. The molecule has 1 unspecified atom stereocenters. The molecule has 2 fully saturated rings. The minimum Gasteiger partial charge on any atom is -0.345 e. The van der Waals surface area contributed by atoms with E-state index in [1.165, 1.54) is 0 Å². The Bertz CT molecular complexity index is 349. The van der Waals surface area contributed by atoms with Gasteiger partial charge in [0.15, 0.2) is 0 Å². The lowest BCUT2D eigenvalue weighted by molar-refractivity contribution is -0.131. The van der Waals surface area contributed by atoms with Crippen molar-refractivity contribution in [2.75, 3.05) is 52.9 Å². The van der Waals surface area contributed by atoms with Gasteiger partial charge < -0.3 is 20.9 Å². The molecular weight excluding hydrogens is 246 g/mol. The number of nitrogens with two attached hydrogens (primary N) is 1. The molecule has 0 spiro atoms. The van der Waals surface area contributed by atoms with Crippen LogP contribution in [0.3, 0.4) is 0 Å². The zero-order chi connectivity index (χ0) is 13.8. The van der Waals surface area contributed by atoms with E-state index in [4.69, 9.17) is 5.73 Å². The molecular formula is C12H23N5O2. The van der Waals surface area contributed by atoms with Crippen LogP contribution in [0.1, 0.15) is 6.42 Å². The van der Waals surface area contributed by atoms with Gasteiger partial charge in [-0.25, -0.2) is 4.79 Å². The minimum atomic E-state index is 0.0241. The summed E-state index contributed by atoms with van der Waals surface area (Å²) in [7, 11) is 1.81. The maximum Gasteiger partial charge on any atom is 0.317 e. The standard InChI is InChI=1S/C12H23N5O2/c1-15(4-2-3-13)11(18)9-16-5-6-17-10(8-16)7-14-12(17)19/h10H,2-9,13H2,1H3,(H,14,19). The molecule has 3 N–H and O–H groups in total. The van der Waals surface area contributed by atoms with Crippen LogP contribution >= 0.6 is 0 Å². The fraction of sp³-hybridized carbons (Fsp3) is 0.833. The molecule has 7 heteroatoms. The number of hydrogen-bond donors (Lipinski definition) is 2. The van der Waals surface area contributed by atoms with E-state index >= 15 is 0 Å². The Morgan fingerprint density at radius 3 is 3.05 bits per heavy atom. The van der Waals surface area contributed by atoms with E-state index in [0.29, 0.717) is 32.7 Å². The molecule has 0 bridgehead atoms. The largest absolute Gasteiger partial charge is 0.345 e. The summed E-state index contributed by atoms with van der Waals surface area (Å²) >= 11 is 0. The van der Waals surface area contributed by atoms with Gasteiger partial charge in [0.25, 0.3) is 0 Å². The van der Waals surface area contributed by atoms with E-state index in [1.807, 2.05) is 11.9 Å². The highest BCUT2D eigenvalue weighted by molar-refractivity contribution is 5.78. The van der Waals surface area contributed by atoms with Gasteiger partial charge in [-0.15, -0.1) is 0 Å². The van der Waals surface area contributed by atoms with Crippen LogP contribution in [0.25, 0.3) is 0 Å². The zero-order valence-electron chi connectivity index (χ0n) is 11.5. The minimum absolute atomic E-state index is 0.0241. The average molecular weight is 269 g/mol. The summed E-state index contributed by atoms with van der Waals surface area (Å²) in [6, 6.07) is 0.236. The summed E-state index contributed by atoms with van der Waals surface area (Å²) in [5, 5.41) is 2.84. The molecule has 2 rings (SSSR count). The Morgan fingerprint density at radius 1 is 1.53 bits per heavy atom. The number of carbonyl (C=O) groups is 2. The van der Waals surface area contributed by atoms with Crippen molar-refractivity contribution < 1.29 is 9.59 Å². The van der Waals surface area contributed by atoms with Crippen LogP contribution in [0.2, 0.25) is 0 Å². The molecule has 2 aliphatic heterocycles. The normalized spacial score (nSPS) is 23.2. The second kappa shape index (κ2) is 6.21. The van der Waals surface area contributed by atoms with Gasteiger partial charge in [-0.2, -0.15) is 0 Å². The lowest BCUT2D eigenvalue weighted by Gasteiger charge is -2.36. The molecule has 0 aromatic rings. The number of likely N-dealkylation sites (N-methyl/N-ethyl adjacent to an activating group) is 1. The Kier molecular flexibility index (Phi) is 4.60. The summed E-state index contributed by atoms with van der Waals surface area (Å²) in [6.07, 6.45) is 0.830. The third kappa shape index (κ3) is 3.36. The second-order valence-corrected chi connectivity index (χ2v) is 5.23. The number of urea groups is 1. The van der Waals surface area contributed by atoms with Crippen LogP contribution in [0.4, 0.5) is 4.79 Å². The Morgan fingerprint density at radius 2 is 2.32 bits per heavy atom. The topological polar surface area (TPSA) is 81.9 Å². The molecule has 0 aromatic heterocycles. The van der Waals surface area contributed by atoms with Crippen molar-refractivity contribution >= 4 is 11.9 Å². The average Bonchev–Trinajstić information content (AvgIpc) is 2.77. The molecule has 108 valence electrons. The highest BCUT2D eigenvalue weighted by Gasteiger charge is 2.35. The van der Waals surface area contributed by atoms with Crippen LogP contribution < -0.4 is 11.1 Å². The van der Waals surface area contributed by atoms with Gasteiger partial charge in [0.2, 0.25) is 5.91 Å². The Balaban J connectivity index is 1.78. The molecule has 0 radical (unpaired) electrons. The second-order valence-electron chi connectivity index (χ2n) is 5.23. The Labute approximate surface area is 113 Å². The molecule has 2 aliphatic rings. The van der Waals surface area contributed by atoms with Gasteiger partial charge >= 0.3 is 6.03 Å². The van der Waals surface area contributed by atoms with Crippen molar-refractivity contribution in [1.82, 2.24) is 20.0 Å². The highest BCUT2D eigenvalue weighted by atomic mass is 16.2. The number of carbonyl (C=O) groups excluding carboxylic acids is 2. The third-order valence-electron chi connectivity index (χ3n) is 3.80. The van der Waals surface area contributed by atoms with Gasteiger partial charge in [0.1, 0.15) is 0 Å². The summed E-state index contributed by atoms with van der Waals surface area (Å²) in [4.78, 5) is 29.2. The number of nitrogens with one attached hydrogen (secondary N) is 1. The van der Waals surface area contributed by atoms with E-state index < -0.39 is 0 Å². The van der Waals surface area contributed by atoms with Gasteiger partial charge in [-0.3, -0.25) is 9.69 Å². The molecule has 19 heavy (non-hydrogen) atoms. The lowest BCUT2D eigenvalue weighted by atomic mass is 10.2. The van der Waals surface area contributed by atoms with Crippen LogP contribution in [-0.4, -0.2) is 85.5 Å². The van der Waals surface area contributed by atoms with Crippen molar-refractivity contribution in [2.45, 2.75) is 12.5 Å². The van der Waals surface area contributed by atoms with Crippen LogP contribution in [0.5, 0.6) is 0 Å². The van der Waals surface area contributed by atoms with E-state index in [-0.39, 0.29) is 18.0 Å². The number of fused-ring (bicyclic) bond motifs is 1. The molecule has 0 aromatic carbocycles. The first kappa shape index (κ1) is 14.1. The number of rotatable bonds is 5. The fourth-order valence-corrected chi connectivity index (χ4v) is 2.58. The number of hydrogen-bond acceptors (Lipinski definition) is 4. The quantitative estimate of drug-likeness (QED) is 0.636. The zero-order valence-corrected chi connectivity index (χ0v) is 11.5. The van der Waals surface area contributed by atoms with Gasteiger partial charge in [0, 0.05) is 39.8 Å². The van der Waals surface area contributed by atoms with Crippen LogP contribution in [-0.2, 0) is 4.79 Å². The van der Waals surface area contributed by atoms with Gasteiger partial charge in [0.05, 0.1) is 12.6 Å². The summed E-state index contributed by atoms with van der Waals surface area (Å²) in [5.41, 5.74) is 5.44. The number of piperazine rings is 1. The molecule has 2 saturated heterocycles. The van der Waals surface area contributed by atoms with Crippen molar-refractivity contribution in [2.24, 2.45) is 5.73 Å². The first-order valence-corrected chi connectivity index (χ1v) is 6.82. The molecule has 0 saturated carbocycles. The smallest absolute Gasteiger partial charge is 0.317 e. The van der Waals surface area contributed by atoms with Gasteiger partial charge in [-0.1, -0.05) is 0 Å². The molecule has 7 nitrogen and oxygen atoms in total. The molecule has 3 amide bonds. The number of nitrogens with zero attached hydrogens (tertiary/aromatic N) is 3. The first-order chi connectivity index (χ1) is 9.11. The monoisotopic (exact) mass is 269 g/mol. The third-order valence-corrected chi connectivity index (χ3v) is 3.80. The first-order valence-electron chi connectivity index (χ1n) is 6.82. The maximum atomic E-state index is 12.0. The highest BCUT2D eigenvalue weighted by Crippen LogP contribution is 2.13. The fourth-order valence-electron chi connectivity index (χ4n) is 2.58. The SMILES string of the molecule is CN(CCCN)C(=O)CN1CCN2C(=O)NCC2C1. The van der Waals surface area contributed by atoms with E-state index in [2.05, 4.69) is 10.2 Å². The summed E-state index contributed by atoms with van der Waals surface area (Å²) < 4.78 is 0. The molecule has 0 aliphatic carbocycles. The summed E-state index contributed by atoms with van der Waals surface area (Å²) in [5.74, 6) is 0.124. The summed E-state index contributed by atoms with van der Waals surface area (Å²) in [6.45, 7) is 4.67. The van der Waals surface area contributed by atoms with Gasteiger partial charge in [-0.05, 0) is 13.0 Å². The molecule has 1 atom stereocenters. The van der Waals surface area contributed by atoms with Crippen molar-refractivity contribution in [3.63, 3.8) is 0 Å². The van der Waals surface area contributed by atoms with Crippen molar-refractivity contribution in [3.8, 4) is 0 Å². The maximum absolute atomic E-state index is 12.0. The van der Waals surface area contributed by atoms with E-state index in [0.717, 1.165) is 19.5 Å². The predicted molar refractivity (Wildman–Crippen MR) is 71.6 cm³/mol. The van der Waals surface area contributed by atoms with Crippen molar-refractivity contribution in [1.29, 1.82) is 0 Å². The van der Waals surface area contributed by atoms with E-state index in [9.17, 15) is 9.59 Å². The lowest BCUT2D eigenvalue weighted by Crippen LogP contribution is -2.54. The predicted octanol–water partition coefficient (Wildman–Crippen LogP) is -1.50. The van der Waals surface area contributed by atoms with Crippen LogP contribution in [0.15, 0.2) is 0 Å². The molecule has 2 heterocycles. The Hall–Kier alpha value is -1.34. The van der Waals surface area contributed by atoms with E-state index in [1.54, 1.807) is 4.90 Å². The van der Waals surface area contributed by atoms with Crippen molar-refractivity contribution in [3.05, 3.63) is 0 Å².